The highest BCUT2D eigenvalue weighted by Crippen LogP contribution is 2.45. The Bertz CT molecular complexity index is 1360. The van der Waals surface area contributed by atoms with Crippen LogP contribution in [0.3, 0.4) is 0 Å². The lowest BCUT2D eigenvalue weighted by atomic mass is 10.0. The fourth-order valence-electron chi connectivity index (χ4n) is 4.44. The lowest BCUT2D eigenvalue weighted by Crippen LogP contribution is -2.33. The normalized spacial score (nSPS) is 14.7. The number of hydrogen-bond donors (Lipinski definition) is 1. The molecule has 5 rings (SSSR count). The summed E-state index contributed by atoms with van der Waals surface area (Å²) in [7, 11) is 0. The van der Waals surface area contributed by atoms with Crippen LogP contribution in [-0.2, 0) is 12.8 Å². The smallest absolute Gasteiger partial charge is 0.257 e. The number of aromatic nitrogens is 2. The van der Waals surface area contributed by atoms with Crippen molar-refractivity contribution < 1.29 is 4.79 Å². The molecule has 3 aromatic heterocycles. The van der Waals surface area contributed by atoms with E-state index in [2.05, 4.69) is 44.5 Å². The van der Waals surface area contributed by atoms with Crippen LogP contribution in [0, 0.1) is 6.92 Å². The van der Waals surface area contributed by atoms with Gasteiger partial charge in [0, 0.05) is 57.8 Å². The molecule has 7 heteroatoms. The maximum absolute atomic E-state index is 13.3. The monoisotopic (exact) mass is 487 g/mol. The van der Waals surface area contributed by atoms with Crippen molar-refractivity contribution in [1.29, 1.82) is 0 Å². The van der Waals surface area contributed by atoms with Gasteiger partial charge in [-0.15, -0.1) is 23.1 Å². The largest absolute Gasteiger partial charge is 0.352 e. The summed E-state index contributed by atoms with van der Waals surface area (Å²) in [5.74, 6) is -0.294. The molecule has 1 aromatic carbocycles. The lowest BCUT2D eigenvalue weighted by molar-refractivity contribution is 0.0950. The number of amides is 1. The molecule has 1 atom stereocenters. The standard InChI is InChI=1S/C27H25N3O2S2/c1-18-16-22(31)26(27(32)29-12-4-6-19-10-13-28-14-11-19)21-17-25(24-9-5-15-33-24)34-23-8-3-2-7-20(23)30(18)21/h2-3,5,7-11,13-16,25H,4,6,12,17H2,1H3,(H,29,32). The molecule has 1 N–H and O–H groups in total. The van der Waals surface area contributed by atoms with Gasteiger partial charge in [-0.3, -0.25) is 14.6 Å². The van der Waals surface area contributed by atoms with Crippen molar-refractivity contribution in [1.82, 2.24) is 14.9 Å². The van der Waals surface area contributed by atoms with Gasteiger partial charge in [-0.2, -0.15) is 0 Å². The van der Waals surface area contributed by atoms with E-state index >= 15 is 0 Å². The summed E-state index contributed by atoms with van der Waals surface area (Å²) in [6.45, 7) is 2.45. The van der Waals surface area contributed by atoms with Gasteiger partial charge >= 0.3 is 0 Å². The first-order valence-electron chi connectivity index (χ1n) is 11.3. The summed E-state index contributed by atoms with van der Waals surface area (Å²) >= 11 is 3.51. The summed E-state index contributed by atoms with van der Waals surface area (Å²) in [5.41, 5.74) is 3.87. The first-order chi connectivity index (χ1) is 16.6. The van der Waals surface area contributed by atoms with Gasteiger partial charge in [0.15, 0.2) is 5.43 Å². The second-order valence-corrected chi connectivity index (χ2v) is 10.5. The highest BCUT2D eigenvalue weighted by molar-refractivity contribution is 7.99. The predicted octanol–water partition coefficient (Wildman–Crippen LogP) is 5.35. The van der Waals surface area contributed by atoms with Crippen molar-refractivity contribution >= 4 is 29.0 Å². The van der Waals surface area contributed by atoms with Crippen molar-refractivity contribution in [3.63, 3.8) is 0 Å². The van der Waals surface area contributed by atoms with Gasteiger partial charge in [0.25, 0.3) is 5.91 Å². The number of carbonyl (C=O) groups is 1. The SMILES string of the molecule is Cc1cc(=O)c(C(=O)NCCCc2ccncc2)c2n1-c1ccccc1SC(c1cccs1)C2. The zero-order chi connectivity index (χ0) is 23.5. The Morgan fingerprint density at radius 1 is 1.15 bits per heavy atom. The van der Waals surface area contributed by atoms with E-state index in [0.29, 0.717) is 13.0 Å². The summed E-state index contributed by atoms with van der Waals surface area (Å²) in [5, 5.41) is 5.21. The molecule has 1 aliphatic heterocycles. The van der Waals surface area contributed by atoms with Gasteiger partial charge in [0.05, 0.1) is 5.69 Å². The molecule has 0 fully saturated rings. The number of nitrogens with zero attached hydrogens (tertiary/aromatic N) is 2. The lowest BCUT2D eigenvalue weighted by Gasteiger charge is -2.19. The molecule has 4 heterocycles. The van der Waals surface area contributed by atoms with Crippen LogP contribution >= 0.6 is 23.1 Å². The number of carbonyl (C=O) groups excluding carboxylic acids is 1. The number of thiophene rings is 1. The van der Waals surface area contributed by atoms with E-state index < -0.39 is 0 Å². The minimum absolute atomic E-state index is 0.134. The fourth-order valence-corrected chi connectivity index (χ4v) is 6.64. The first-order valence-corrected chi connectivity index (χ1v) is 13.1. The average Bonchev–Trinajstić information content (AvgIpc) is 3.32. The molecule has 34 heavy (non-hydrogen) atoms. The Labute approximate surface area is 206 Å². The van der Waals surface area contributed by atoms with Crippen molar-refractivity contribution in [2.45, 2.75) is 36.3 Å². The van der Waals surface area contributed by atoms with E-state index in [1.165, 1.54) is 10.4 Å². The van der Waals surface area contributed by atoms with Crippen LogP contribution in [0.1, 0.15) is 43.9 Å². The van der Waals surface area contributed by atoms with E-state index in [0.717, 1.165) is 34.8 Å². The molecule has 5 nitrogen and oxygen atoms in total. The van der Waals surface area contributed by atoms with Crippen LogP contribution in [0.5, 0.6) is 0 Å². The molecule has 1 aliphatic rings. The number of pyridine rings is 2. The van der Waals surface area contributed by atoms with Gasteiger partial charge < -0.3 is 9.88 Å². The molecule has 0 bridgehead atoms. The Morgan fingerprint density at radius 2 is 1.97 bits per heavy atom. The third-order valence-electron chi connectivity index (χ3n) is 6.02. The van der Waals surface area contributed by atoms with Gasteiger partial charge in [0.2, 0.25) is 0 Å². The van der Waals surface area contributed by atoms with E-state index in [4.69, 9.17) is 0 Å². The van der Waals surface area contributed by atoms with E-state index in [-0.39, 0.29) is 22.1 Å². The number of fused-ring (bicyclic) bond motifs is 3. The zero-order valence-electron chi connectivity index (χ0n) is 18.9. The number of benzene rings is 1. The third kappa shape index (κ3) is 4.58. The summed E-state index contributed by atoms with van der Waals surface area (Å²) < 4.78 is 2.10. The molecule has 1 unspecified atom stereocenters. The average molecular weight is 488 g/mol. The van der Waals surface area contributed by atoms with Gasteiger partial charge in [-0.1, -0.05) is 18.2 Å². The van der Waals surface area contributed by atoms with E-state index in [1.54, 1.807) is 41.6 Å². The Kier molecular flexibility index (Phi) is 6.65. The summed E-state index contributed by atoms with van der Waals surface area (Å²) in [6, 6.07) is 18.0. The molecule has 0 saturated heterocycles. The Hall–Kier alpha value is -3.16. The fraction of sp³-hybridized carbons (Fsp3) is 0.222. The van der Waals surface area contributed by atoms with E-state index in [9.17, 15) is 9.59 Å². The second-order valence-electron chi connectivity index (χ2n) is 8.32. The molecule has 0 saturated carbocycles. The van der Waals surface area contributed by atoms with Crippen molar-refractivity contribution in [2.24, 2.45) is 0 Å². The summed E-state index contributed by atoms with van der Waals surface area (Å²) in [6.07, 6.45) is 5.79. The topological polar surface area (TPSA) is 64.0 Å². The van der Waals surface area contributed by atoms with Gasteiger partial charge in [-0.05, 0) is 61.0 Å². The van der Waals surface area contributed by atoms with Gasteiger partial charge in [-0.25, -0.2) is 0 Å². The second kappa shape index (κ2) is 9.99. The zero-order valence-corrected chi connectivity index (χ0v) is 20.5. The molecule has 0 spiro atoms. The first kappa shape index (κ1) is 22.6. The highest BCUT2D eigenvalue weighted by atomic mass is 32.2. The molecular formula is C27H25N3O2S2. The van der Waals surface area contributed by atoms with Crippen LogP contribution in [0.2, 0.25) is 0 Å². The van der Waals surface area contributed by atoms with Crippen LogP contribution in [0.15, 0.2) is 82.1 Å². The number of hydrogen-bond acceptors (Lipinski definition) is 5. The van der Waals surface area contributed by atoms with Gasteiger partial charge in [0.1, 0.15) is 5.56 Å². The van der Waals surface area contributed by atoms with Crippen LogP contribution in [-0.4, -0.2) is 22.0 Å². The van der Waals surface area contributed by atoms with Crippen molar-refractivity contribution in [2.75, 3.05) is 6.54 Å². The van der Waals surface area contributed by atoms with Crippen molar-refractivity contribution in [3.8, 4) is 5.69 Å². The minimum Gasteiger partial charge on any atom is -0.352 e. The molecule has 1 amide bonds. The molecule has 4 aromatic rings. The number of rotatable bonds is 6. The van der Waals surface area contributed by atoms with Crippen LogP contribution in [0.4, 0.5) is 0 Å². The maximum Gasteiger partial charge on any atom is 0.257 e. The van der Waals surface area contributed by atoms with Crippen LogP contribution < -0.4 is 10.7 Å². The quantitative estimate of drug-likeness (QED) is 0.372. The number of aryl methyl sites for hydroxylation is 2. The van der Waals surface area contributed by atoms with Crippen LogP contribution in [0.25, 0.3) is 5.69 Å². The molecule has 172 valence electrons. The van der Waals surface area contributed by atoms with E-state index in [1.807, 2.05) is 31.2 Å². The number of para-hydroxylation sites is 1. The molecule has 0 aliphatic carbocycles. The Balaban J connectivity index is 1.49. The highest BCUT2D eigenvalue weighted by Gasteiger charge is 2.29. The minimum atomic E-state index is -0.294. The number of nitrogens with one attached hydrogen (secondary N) is 1. The predicted molar refractivity (Wildman–Crippen MR) is 138 cm³/mol. The number of thioether (sulfide) groups is 1. The summed E-state index contributed by atoms with van der Waals surface area (Å²) in [4.78, 5) is 32.9. The molecule has 0 radical (unpaired) electrons. The van der Waals surface area contributed by atoms with Crippen molar-refractivity contribution in [3.05, 3.63) is 110 Å². The molecular weight excluding hydrogens is 462 g/mol. The maximum atomic E-state index is 13.3. The Morgan fingerprint density at radius 3 is 2.76 bits per heavy atom. The third-order valence-corrected chi connectivity index (χ3v) is 8.46.